The van der Waals surface area contributed by atoms with Gasteiger partial charge in [0.15, 0.2) is 0 Å². The summed E-state index contributed by atoms with van der Waals surface area (Å²) in [5.41, 5.74) is -0.451. The predicted octanol–water partition coefficient (Wildman–Crippen LogP) is 1.51. The van der Waals surface area contributed by atoms with E-state index in [4.69, 9.17) is 14.0 Å². The molecule has 1 aliphatic rings. The van der Waals surface area contributed by atoms with Crippen molar-refractivity contribution in [2.24, 2.45) is 5.92 Å². The third kappa shape index (κ3) is 3.19. The molecular weight excluding hydrogens is 258 g/mol. The van der Waals surface area contributed by atoms with Crippen LogP contribution in [0.25, 0.3) is 0 Å². The van der Waals surface area contributed by atoms with Crippen LogP contribution in [-0.4, -0.2) is 43.6 Å². The Morgan fingerprint density at radius 2 is 2.05 bits per heavy atom. The van der Waals surface area contributed by atoms with Gasteiger partial charge in [0.05, 0.1) is 0 Å². The van der Waals surface area contributed by atoms with Crippen molar-refractivity contribution >= 4 is 0 Å². The van der Waals surface area contributed by atoms with Crippen molar-refractivity contribution in [3.05, 3.63) is 11.7 Å². The van der Waals surface area contributed by atoms with Crippen molar-refractivity contribution in [2.75, 3.05) is 27.4 Å². The van der Waals surface area contributed by atoms with Gasteiger partial charge >= 0.3 is 0 Å². The topological polar surface area (TPSA) is 69.4 Å². The molecule has 2 heterocycles. The van der Waals surface area contributed by atoms with E-state index >= 15 is 0 Å². The fourth-order valence-corrected chi connectivity index (χ4v) is 2.60. The van der Waals surface area contributed by atoms with Crippen molar-refractivity contribution in [2.45, 2.75) is 44.8 Å². The molecule has 0 saturated carbocycles. The predicted molar refractivity (Wildman–Crippen MR) is 74.4 cm³/mol. The van der Waals surface area contributed by atoms with E-state index in [0.717, 1.165) is 19.3 Å². The second-order valence-electron chi connectivity index (χ2n) is 5.67. The smallest absolute Gasteiger partial charge is 0.228 e. The zero-order valence-electron chi connectivity index (χ0n) is 12.8. The molecule has 1 aromatic rings. The number of nitrogens with zero attached hydrogens (tertiary/aromatic N) is 2. The third-order valence-electron chi connectivity index (χ3n) is 4.14. The number of methoxy groups -OCH3 is 1. The average molecular weight is 283 g/mol. The zero-order chi connectivity index (χ0) is 14.6. The van der Waals surface area contributed by atoms with E-state index in [9.17, 15) is 0 Å². The molecular formula is C14H25N3O3. The van der Waals surface area contributed by atoms with E-state index in [0.29, 0.717) is 36.9 Å². The summed E-state index contributed by atoms with van der Waals surface area (Å²) in [6.07, 6.45) is 2.27. The summed E-state index contributed by atoms with van der Waals surface area (Å²) in [6.45, 7) is 5.69. The largest absolute Gasteiger partial charge is 0.381 e. The Labute approximate surface area is 120 Å². The summed E-state index contributed by atoms with van der Waals surface area (Å²) in [6, 6.07) is 0.330. The highest BCUT2D eigenvalue weighted by Crippen LogP contribution is 2.33. The van der Waals surface area contributed by atoms with Gasteiger partial charge in [-0.25, -0.2) is 0 Å². The first-order chi connectivity index (χ1) is 9.61. The van der Waals surface area contributed by atoms with Crippen LogP contribution in [0.4, 0.5) is 0 Å². The summed E-state index contributed by atoms with van der Waals surface area (Å²) in [5.74, 6) is 1.82. The standard InChI is InChI=1S/C14H25N3O3/c1-10(2)11(15-3)9-12-16-13(17-20-12)14(18-4)5-7-19-8-6-14/h10-11,15H,5-9H2,1-4H3. The Hall–Kier alpha value is -0.980. The summed E-state index contributed by atoms with van der Waals surface area (Å²) in [5, 5.41) is 7.42. The molecule has 1 aliphatic heterocycles. The SMILES string of the molecule is CNC(Cc1nc(C2(OC)CCOCC2)no1)C(C)C. The molecule has 20 heavy (non-hydrogen) atoms. The number of nitrogens with one attached hydrogen (secondary N) is 1. The highest BCUT2D eigenvalue weighted by molar-refractivity contribution is 5.03. The molecule has 1 N–H and O–H groups in total. The van der Waals surface area contributed by atoms with Crippen LogP contribution in [0.2, 0.25) is 0 Å². The van der Waals surface area contributed by atoms with Crippen molar-refractivity contribution in [1.29, 1.82) is 0 Å². The normalized spacial score (nSPS) is 20.2. The van der Waals surface area contributed by atoms with Gasteiger partial charge in [-0.2, -0.15) is 4.98 Å². The van der Waals surface area contributed by atoms with Gasteiger partial charge in [-0.05, 0) is 13.0 Å². The maximum absolute atomic E-state index is 5.68. The van der Waals surface area contributed by atoms with Crippen molar-refractivity contribution in [3.63, 3.8) is 0 Å². The van der Waals surface area contributed by atoms with Gasteiger partial charge in [-0.3, -0.25) is 0 Å². The van der Waals surface area contributed by atoms with Gasteiger partial charge < -0.3 is 19.3 Å². The lowest BCUT2D eigenvalue weighted by molar-refractivity contribution is -0.101. The summed E-state index contributed by atoms with van der Waals surface area (Å²) >= 11 is 0. The van der Waals surface area contributed by atoms with Gasteiger partial charge in [0, 0.05) is 45.6 Å². The van der Waals surface area contributed by atoms with Crippen LogP contribution in [0.5, 0.6) is 0 Å². The number of ether oxygens (including phenoxy) is 2. The van der Waals surface area contributed by atoms with Crippen LogP contribution in [0.3, 0.4) is 0 Å². The van der Waals surface area contributed by atoms with Gasteiger partial charge in [0.2, 0.25) is 11.7 Å². The highest BCUT2D eigenvalue weighted by Gasteiger charge is 2.39. The molecule has 0 radical (unpaired) electrons. The number of rotatable bonds is 6. The lowest BCUT2D eigenvalue weighted by Crippen LogP contribution is -2.37. The molecule has 6 nitrogen and oxygen atoms in total. The lowest BCUT2D eigenvalue weighted by Gasteiger charge is -2.32. The van der Waals surface area contributed by atoms with Gasteiger partial charge in [-0.1, -0.05) is 19.0 Å². The molecule has 0 bridgehead atoms. The first kappa shape index (κ1) is 15.4. The van der Waals surface area contributed by atoms with Crippen LogP contribution in [0.1, 0.15) is 38.4 Å². The fourth-order valence-electron chi connectivity index (χ4n) is 2.60. The molecule has 0 aromatic carbocycles. The minimum Gasteiger partial charge on any atom is -0.381 e. The monoisotopic (exact) mass is 283 g/mol. The maximum atomic E-state index is 5.68. The van der Waals surface area contributed by atoms with Crippen LogP contribution >= 0.6 is 0 Å². The van der Waals surface area contributed by atoms with Crippen LogP contribution < -0.4 is 5.32 Å². The quantitative estimate of drug-likeness (QED) is 0.853. The Bertz CT molecular complexity index is 414. The van der Waals surface area contributed by atoms with E-state index in [1.807, 2.05) is 7.05 Å². The average Bonchev–Trinajstić information content (AvgIpc) is 2.94. The number of likely N-dealkylation sites (N-methyl/N-ethyl adjacent to an activating group) is 1. The number of aromatic nitrogens is 2. The van der Waals surface area contributed by atoms with Crippen LogP contribution in [0, 0.1) is 5.92 Å². The Morgan fingerprint density at radius 3 is 2.60 bits per heavy atom. The molecule has 114 valence electrons. The lowest BCUT2D eigenvalue weighted by atomic mass is 9.93. The van der Waals surface area contributed by atoms with Gasteiger partial charge in [-0.15, -0.1) is 0 Å². The van der Waals surface area contributed by atoms with Crippen LogP contribution in [0.15, 0.2) is 4.52 Å². The molecule has 1 atom stereocenters. The van der Waals surface area contributed by atoms with Gasteiger partial charge in [0.1, 0.15) is 5.60 Å². The Morgan fingerprint density at radius 1 is 1.35 bits per heavy atom. The maximum Gasteiger partial charge on any atom is 0.228 e. The molecule has 2 rings (SSSR count). The van der Waals surface area contributed by atoms with Crippen molar-refractivity contribution in [3.8, 4) is 0 Å². The fraction of sp³-hybridized carbons (Fsp3) is 0.857. The first-order valence-electron chi connectivity index (χ1n) is 7.24. The summed E-state index contributed by atoms with van der Waals surface area (Å²) in [4.78, 5) is 4.55. The molecule has 0 aliphatic carbocycles. The third-order valence-corrected chi connectivity index (χ3v) is 4.14. The molecule has 0 amide bonds. The Balaban J connectivity index is 2.11. The minimum absolute atomic E-state index is 0.330. The van der Waals surface area contributed by atoms with Crippen molar-refractivity contribution in [1.82, 2.24) is 15.5 Å². The highest BCUT2D eigenvalue weighted by atomic mass is 16.5. The summed E-state index contributed by atoms with van der Waals surface area (Å²) < 4.78 is 16.5. The second kappa shape index (κ2) is 6.65. The zero-order valence-corrected chi connectivity index (χ0v) is 12.8. The van der Waals surface area contributed by atoms with Gasteiger partial charge in [0.25, 0.3) is 0 Å². The first-order valence-corrected chi connectivity index (χ1v) is 7.24. The Kier molecular flexibility index (Phi) is 5.12. The van der Waals surface area contributed by atoms with E-state index in [1.165, 1.54) is 0 Å². The second-order valence-corrected chi connectivity index (χ2v) is 5.67. The van der Waals surface area contributed by atoms with E-state index in [1.54, 1.807) is 7.11 Å². The minimum atomic E-state index is -0.451. The van der Waals surface area contributed by atoms with E-state index < -0.39 is 5.60 Å². The summed E-state index contributed by atoms with van der Waals surface area (Å²) in [7, 11) is 3.66. The van der Waals surface area contributed by atoms with Crippen molar-refractivity contribution < 1.29 is 14.0 Å². The molecule has 1 fully saturated rings. The molecule has 6 heteroatoms. The molecule has 1 saturated heterocycles. The number of hydrogen-bond acceptors (Lipinski definition) is 6. The molecule has 0 spiro atoms. The van der Waals surface area contributed by atoms with E-state index in [-0.39, 0.29) is 0 Å². The molecule has 1 unspecified atom stereocenters. The number of hydrogen-bond donors (Lipinski definition) is 1. The van der Waals surface area contributed by atoms with Crippen LogP contribution in [-0.2, 0) is 21.5 Å². The van der Waals surface area contributed by atoms with E-state index in [2.05, 4.69) is 29.3 Å². The molecule has 1 aromatic heterocycles.